The van der Waals surface area contributed by atoms with Gasteiger partial charge in [0.15, 0.2) is 0 Å². The van der Waals surface area contributed by atoms with E-state index in [0.29, 0.717) is 24.5 Å². The molecule has 1 aromatic rings. The second kappa shape index (κ2) is 10.2. The summed E-state index contributed by atoms with van der Waals surface area (Å²) in [6, 6.07) is 0. The van der Waals surface area contributed by atoms with Crippen LogP contribution >= 0.6 is 0 Å². The van der Waals surface area contributed by atoms with Gasteiger partial charge >= 0.3 is 0 Å². The molecule has 0 saturated carbocycles. The molecular formula is C21H38N4O2. The quantitative estimate of drug-likeness (QED) is 0.671. The van der Waals surface area contributed by atoms with Gasteiger partial charge in [0.1, 0.15) is 0 Å². The second-order valence-electron chi connectivity index (χ2n) is 8.45. The highest BCUT2D eigenvalue weighted by atomic mass is 16.5. The Balaban J connectivity index is 1.68. The predicted molar refractivity (Wildman–Crippen MR) is 109 cm³/mol. The van der Waals surface area contributed by atoms with Crippen molar-refractivity contribution in [2.75, 3.05) is 26.2 Å². The summed E-state index contributed by atoms with van der Waals surface area (Å²) >= 11 is 0. The van der Waals surface area contributed by atoms with Crippen molar-refractivity contribution in [1.29, 1.82) is 0 Å². The molecule has 0 aromatic carbocycles. The van der Waals surface area contributed by atoms with Crippen LogP contribution < -0.4 is 5.32 Å². The summed E-state index contributed by atoms with van der Waals surface area (Å²) < 4.78 is 7.84. The molecule has 1 saturated heterocycles. The molecule has 2 heterocycles. The number of aromatic nitrogens is 2. The van der Waals surface area contributed by atoms with Crippen molar-refractivity contribution < 1.29 is 9.53 Å². The summed E-state index contributed by atoms with van der Waals surface area (Å²) in [7, 11) is 0. The van der Waals surface area contributed by atoms with E-state index in [1.54, 1.807) is 0 Å². The van der Waals surface area contributed by atoms with Gasteiger partial charge in [0, 0.05) is 44.8 Å². The summed E-state index contributed by atoms with van der Waals surface area (Å²) in [4.78, 5) is 14.6. The van der Waals surface area contributed by atoms with Crippen molar-refractivity contribution >= 4 is 5.91 Å². The molecule has 2 rings (SSSR count). The number of carbonyl (C=O) groups is 1. The summed E-state index contributed by atoms with van der Waals surface area (Å²) in [5.41, 5.74) is 3.48. The van der Waals surface area contributed by atoms with Crippen LogP contribution in [0.5, 0.6) is 0 Å². The Kier molecular flexibility index (Phi) is 8.29. The van der Waals surface area contributed by atoms with E-state index in [9.17, 15) is 4.79 Å². The molecule has 6 nitrogen and oxygen atoms in total. The van der Waals surface area contributed by atoms with Gasteiger partial charge in [-0.3, -0.25) is 14.4 Å². The largest absolute Gasteiger partial charge is 0.373 e. The standard InChI is InChI=1S/C21H38N4O2/c1-15(2)12-25-19(6)20(18(5)23-25)8-9-21(26)22-10-7-11-24-13-16(3)27-17(4)14-24/h15-17H,7-14H2,1-6H3,(H,22,26). The van der Waals surface area contributed by atoms with Gasteiger partial charge in [-0.1, -0.05) is 13.8 Å². The van der Waals surface area contributed by atoms with Crippen molar-refractivity contribution in [2.45, 2.75) is 79.6 Å². The SMILES string of the molecule is Cc1nn(CC(C)C)c(C)c1CCC(=O)NCCCN1CC(C)OC(C)C1. The smallest absolute Gasteiger partial charge is 0.220 e. The highest BCUT2D eigenvalue weighted by Gasteiger charge is 2.21. The van der Waals surface area contributed by atoms with Gasteiger partial charge in [-0.25, -0.2) is 0 Å². The molecule has 1 aromatic heterocycles. The van der Waals surface area contributed by atoms with E-state index in [1.165, 1.54) is 11.3 Å². The molecular weight excluding hydrogens is 340 g/mol. The third-order valence-electron chi connectivity index (χ3n) is 5.14. The summed E-state index contributed by atoms with van der Waals surface area (Å²) in [6.45, 7) is 17.4. The number of hydrogen-bond donors (Lipinski definition) is 1. The van der Waals surface area contributed by atoms with Crippen LogP contribution in [0.15, 0.2) is 0 Å². The van der Waals surface area contributed by atoms with Gasteiger partial charge in [0.05, 0.1) is 17.9 Å². The number of aryl methyl sites for hydroxylation is 1. The van der Waals surface area contributed by atoms with Crippen LogP contribution in [-0.2, 0) is 22.5 Å². The maximum atomic E-state index is 12.2. The Morgan fingerprint density at radius 1 is 1.26 bits per heavy atom. The van der Waals surface area contributed by atoms with Gasteiger partial charge < -0.3 is 10.1 Å². The predicted octanol–water partition coefficient (Wildman–Crippen LogP) is 2.70. The van der Waals surface area contributed by atoms with Gasteiger partial charge in [0.25, 0.3) is 0 Å². The van der Waals surface area contributed by atoms with Gasteiger partial charge in [-0.15, -0.1) is 0 Å². The maximum absolute atomic E-state index is 12.2. The van der Waals surface area contributed by atoms with E-state index in [1.807, 2.05) is 6.92 Å². The molecule has 1 N–H and O–H groups in total. The maximum Gasteiger partial charge on any atom is 0.220 e. The number of nitrogens with zero attached hydrogens (tertiary/aromatic N) is 3. The molecule has 1 aliphatic rings. The van der Waals surface area contributed by atoms with E-state index in [-0.39, 0.29) is 5.91 Å². The second-order valence-corrected chi connectivity index (χ2v) is 8.45. The van der Waals surface area contributed by atoms with Gasteiger partial charge in [-0.05, 0) is 52.0 Å². The lowest BCUT2D eigenvalue weighted by molar-refractivity contribution is -0.121. The molecule has 2 unspecified atom stereocenters. The van der Waals surface area contributed by atoms with Crippen molar-refractivity contribution in [1.82, 2.24) is 20.0 Å². The number of morpholine rings is 1. The normalized spacial score (nSPS) is 21.0. The average Bonchev–Trinajstić information content (AvgIpc) is 2.82. The lowest BCUT2D eigenvalue weighted by Crippen LogP contribution is -2.46. The molecule has 2 atom stereocenters. The Labute approximate surface area is 164 Å². The minimum absolute atomic E-state index is 0.133. The fourth-order valence-corrected chi connectivity index (χ4v) is 3.94. The Hall–Kier alpha value is -1.40. The topological polar surface area (TPSA) is 59.4 Å². The van der Waals surface area contributed by atoms with Crippen molar-refractivity contribution in [3.8, 4) is 0 Å². The highest BCUT2D eigenvalue weighted by molar-refractivity contribution is 5.76. The summed E-state index contributed by atoms with van der Waals surface area (Å²) in [6.07, 6.45) is 2.87. The van der Waals surface area contributed by atoms with E-state index in [4.69, 9.17) is 4.74 Å². The zero-order valence-corrected chi connectivity index (χ0v) is 18.0. The Bertz CT molecular complexity index is 602. The lowest BCUT2D eigenvalue weighted by atomic mass is 10.1. The lowest BCUT2D eigenvalue weighted by Gasteiger charge is -2.35. The van der Waals surface area contributed by atoms with Gasteiger partial charge in [-0.2, -0.15) is 5.10 Å². The van der Waals surface area contributed by atoms with E-state index in [2.05, 4.69) is 54.6 Å². The Morgan fingerprint density at radius 3 is 2.56 bits per heavy atom. The number of nitrogens with one attached hydrogen (secondary N) is 1. The fourth-order valence-electron chi connectivity index (χ4n) is 3.94. The van der Waals surface area contributed by atoms with E-state index in [0.717, 1.165) is 51.3 Å². The average molecular weight is 379 g/mol. The zero-order chi connectivity index (χ0) is 20.0. The minimum atomic E-state index is 0.133. The number of carbonyl (C=O) groups excluding carboxylic acids is 1. The van der Waals surface area contributed by atoms with Crippen molar-refractivity contribution in [3.63, 3.8) is 0 Å². The molecule has 1 fully saturated rings. The van der Waals surface area contributed by atoms with Gasteiger partial charge in [0.2, 0.25) is 5.91 Å². The van der Waals surface area contributed by atoms with Crippen molar-refractivity contribution in [3.05, 3.63) is 17.0 Å². The number of rotatable bonds is 9. The molecule has 0 aliphatic carbocycles. The van der Waals surface area contributed by atoms with Crippen LogP contribution in [0.1, 0.15) is 57.5 Å². The number of ether oxygens (including phenoxy) is 1. The van der Waals surface area contributed by atoms with E-state index >= 15 is 0 Å². The molecule has 0 radical (unpaired) electrons. The molecule has 1 aliphatic heterocycles. The van der Waals surface area contributed by atoms with Crippen LogP contribution in [0.3, 0.4) is 0 Å². The third kappa shape index (κ3) is 6.92. The molecule has 0 bridgehead atoms. The first-order chi connectivity index (χ1) is 12.8. The molecule has 27 heavy (non-hydrogen) atoms. The highest BCUT2D eigenvalue weighted by Crippen LogP contribution is 2.16. The van der Waals surface area contributed by atoms with Crippen molar-refractivity contribution in [2.24, 2.45) is 5.92 Å². The fraction of sp³-hybridized carbons (Fsp3) is 0.810. The van der Waals surface area contributed by atoms with Crippen LogP contribution in [0, 0.1) is 19.8 Å². The monoisotopic (exact) mass is 378 g/mol. The van der Waals surface area contributed by atoms with E-state index < -0.39 is 0 Å². The first kappa shape index (κ1) is 21.9. The Morgan fingerprint density at radius 2 is 1.93 bits per heavy atom. The van der Waals surface area contributed by atoms with Crippen LogP contribution in [0.4, 0.5) is 0 Å². The first-order valence-corrected chi connectivity index (χ1v) is 10.4. The number of hydrogen-bond acceptors (Lipinski definition) is 4. The first-order valence-electron chi connectivity index (χ1n) is 10.4. The minimum Gasteiger partial charge on any atom is -0.373 e. The molecule has 1 amide bonds. The summed E-state index contributed by atoms with van der Waals surface area (Å²) in [5, 5.41) is 7.71. The van der Waals surface area contributed by atoms with Crippen LogP contribution in [-0.4, -0.2) is 59.0 Å². The summed E-state index contributed by atoms with van der Waals surface area (Å²) in [5.74, 6) is 0.700. The molecule has 0 spiro atoms. The number of amides is 1. The van der Waals surface area contributed by atoms with Crippen LogP contribution in [0.25, 0.3) is 0 Å². The molecule has 154 valence electrons. The third-order valence-corrected chi connectivity index (χ3v) is 5.14. The molecule has 6 heteroatoms. The zero-order valence-electron chi connectivity index (χ0n) is 18.0. The van der Waals surface area contributed by atoms with Crippen LogP contribution in [0.2, 0.25) is 0 Å².